The number of benzene rings is 1. The van der Waals surface area contributed by atoms with E-state index >= 15 is 0 Å². The van der Waals surface area contributed by atoms with Crippen molar-refractivity contribution in [1.82, 2.24) is 4.90 Å². The smallest absolute Gasteiger partial charge is 0.223 e. The molecule has 27 heavy (non-hydrogen) atoms. The molecule has 0 bridgehead atoms. The van der Waals surface area contributed by atoms with Crippen LogP contribution in [-0.4, -0.2) is 40.4 Å². The van der Waals surface area contributed by atoms with Crippen molar-refractivity contribution in [2.45, 2.75) is 51.5 Å². The third kappa shape index (κ3) is 6.24. The van der Waals surface area contributed by atoms with Gasteiger partial charge in [0.1, 0.15) is 5.82 Å². The second-order valence-electron chi connectivity index (χ2n) is 7.14. The first-order chi connectivity index (χ1) is 12.7. The van der Waals surface area contributed by atoms with Crippen molar-refractivity contribution in [3.63, 3.8) is 0 Å². The maximum Gasteiger partial charge on any atom is 0.223 e. The average molecular weight is 403 g/mol. The van der Waals surface area contributed by atoms with Crippen LogP contribution in [0.15, 0.2) is 12.1 Å². The Balaban J connectivity index is 1.99. The highest BCUT2D eigenvalue weighted by molar-refractivity contribution is 8.14. The average Bonchev–Trinajstić information content (AvgIpc) is 2.93. The predicted molar refractivity (Wildman–Crippen MR) is 97.6 cm³/mol. The van der Waals surface area contributed by atoms with E-state index in [0.717, 1.165) is 6.07 Å². The van der Waals surface area contributed by atoms with Gasteiger partial charge in [0.15, 0.2) is 16.7 Å². The summed E-state index contributed by atoms with van der Waals surface area (Å²) >= 11 is 1.20. The predicted octanol–water partition coefficient (Wildman–Crippen LogP) is 3.92. The quantitative estimate of drug-likeness (QED) is 0.648. The minimum atomic E-state index is -1.25. The fraction of sp³-hybridized carbons (Fsp3) is 0.579. The highest BCUT2D eigenvalue weighted by Crippen LogP contribution is 2.29. The van der Waals surface area contributed by atoms with Gasteiger partial charge in [-0.05, 0) is 18.4 Å². The fourth-order valence-electron chi connectivity index (χ4n) is 3.10. The molecule has 0 spiro atoms. The van der Waals surface area contributed by atoms with Gasteiger partial charge in [-0.3, -0.25) is 9.59 Å². The molecule has 1 aromatic carbocycles. The number of likely N-dealkylation sites (tertiary alicyclic amines) is 1. The van der Waals surface area contributed by atoms with Gasteiger partial charge < -0.3 is 9.64 Å². The Bertz CT molecular complexity index is 699. The molecular weight excluding hydrogens is 379 g/mol. The molecule has 1 heterocycles. The van der Waals surface area contributed by atoms with Crippen molar-refractivity contribution >= 4 is 22.8 Å². The normalized spacial score (nSPS) is 19.7. The molecule has 1 aliphatic rings. The van der Waals surface area contributed by atoms with E-state index in [2.05, 4.69) is 0 Å². The van der Waals surface area contributed by atoms with Crippen LogP contribution < -0.4 is 0 Å². The second-order valence-corrected chi connectivity index (χ2v) is 8.62. The van der Waals surface area contributed by atoms with Crippen LogP contribution in [0.2, 0.25) is 0 Å². The summed E-state index contributed by atoms with van der Waals surface area (Å²) in [4.78, 5) is 25.6. The molecule has 0 saturated carbocycles. The van der Waals surface area contributed by atoms with Crippen LogP contribution in [0, 0.1) is 23.4 Å². The second kappa shape index (κ2) is 9.59. The van der Waals surface area contributed by atoms with Gasteiger partial charge >= 0.3 is 0 Å². The topological polar surface area (TPSA) is 46.6 Å². The zero-order valence-corrected chi connectivity index (χ0v) is 16.5. The Morgan fingerprint density at radius 1 is 1.22 bits per heavy atom. The van der Waals surface area contributed by atoms with Gasteiger partial charge in [0.25, 0.3) is 0 Å². The molecule has 0 N–H and O–H groups in total. The molecule has 1 amide bonds. The van der Waals surface area contributed by atoms with Crippen molar-refractivity contribution in [3.05, 3.63) is 35.1 Å². The van der Waals surface area contributed by atoms with Gasteiger partial charge in [-0.2, -0.15) is 0 Å². The summed E-state index contributed by atoms with van der Waals surface area (Å²) in [5, 5.41) is -0.0195. The fourth-order valence-corrected chi connectivity index (χ4v) is 4.13. The lowest BCUT2D eigenvalue weighted by molar-refractivity contribution is -0.134. The molecule has 2 atom stereocenters. The summed E-state index contributed by atoms with van der Waals surface area (Å²) in [6.45, 7) is 5.76. The van der Waals surface area contributed by atoms with Crippen molar-refractivity contribution in [3.8, 4) is 0 Å². The minimum Gasteiger partial charge on any atom is -0.375 e. The Morgan fingerprint density at radius 2 is 1.89 bits per heavy atom. The van der Waals surface area contributed by atoms with Crippen molar-refractivity contribution < 1.29 is 27.5 Å². The first kappa shape index (κ1) is 21.8. The number of halogens is 3. The van der Waals surface area contributed by atoms with Gasteiger partial charge in [0.05, 0.1) is 19.3 Å². The monoisotopic (exact) mass is 403 g/mol. The van der Waals surface area contributed by atoms with E-state index in [0.29, 0.717) is 25.5 Å². The van der Waals surface area contributed by atoms with Crippen LogP contribution in [0.1, 0.15) is 39.2 Å². The number of hydrogen-bond acceptors (Lipinski definition) is 4. The molecule has 0 aromatic heterocycles. The van der Waals surface area contributed by atoms with Gasteiger partial charge in [0.2, 0.25) is 5.91 Å². The first-order valence-corrected chi connectivity index (χ1v) is 9.73. The van der Waals surface area contributed by atoms with E-state index in [1.165, 1.54) is 18.7 Å². The number of rotatable bonds is 7. The lowest BCUT2D eigenvalue weighted by Crippen LogP contribution is -2.39. The lowest BCUT2D eigenvalue weighted by atomic mass is 10.1. The SMILES string of the molecule is CC(=O)S[C@@H]1C[C@@H](COCc2cc(F)c(F)cc2F)N(C(=O)CC(C)C)C1. The van der Waals surface area contributed by atoms with E-state index in [9.17, 15) is 22.8 Å². The summed E-state index contributed by atoms with van der Waals surface area (Å²) in [5.41, 5.74) is -0.0818. The third-order valence-electron chi connectivity index (χ3n) is 4.27. The van der Waals surface area contributed by atoms with E-state index in [1.54, 1.807) is 4.90 Å². The van der Waals surface area contributed by atoms with Crippen molar-refractivity contribution in [2.75, 3.05) is 13.2 Å². The molecule has 0 unspecified atom stereocenters. The van der Waals surface area contributed by atoms with E-state index in [4.69, 9.17) is 4.74 Å². The Kier molecular flexibility index (Phi) is 7.73. The van der Waals surface area contributed by atoms with Crippen molar-refractivity contribution in [1.29, 1.82) is 0 Å². The van der Waals surface area contributed by atoms with Gasteiger partial charge in [-0.15, -0.1) is 0 Å². The van der Waals surface area contributed by atoms with Crippen LogP contribution in [0.25, 0.3) is 0 Å². The number of carbonyl (C=O) groups excluding carboxylic acids is 2. The largest absolute Gasteiger partial charge is 0.375 e. The highest BCUT2D eigenvalue weighted by Gasteiger charge is 2.36. The molecule has 1 aliphatic heterocycles. The summed E-state index contributed by atoms with van der Waals surface area (Å²) in [6.07, 6.45) is 0.986. The van der Waals surface area contributed by atoms with Crippen LogP contribution >= 0.6 is 11.8 Å². The molecule has 2 rings (SSSR count). The molecule has 1 saturated heterocycles. The summed E-state index contributed by atoms with van der Waals surface area (Å²) in [7, 11) is 0. The van der Waals surface area contributed by atoms with E-state index in [1.807, 2.05) is 13.8 Å². The van der Waals surface area contributed by atoms with Gasteiger partial charge in [-0.25, -0.2) is 13.2 Å². The molecule has 0 radical (unpaired) electrons. The van der Waals surface area contributed by atoms with Crippen LogP contribution in [0.3, 0.4) is 0 Å². The number of ether oxygens (including phenoxy) is 1. The molecule has 8 heteroatoms. The number of carbonyl (C=O) groups is 2. The Labute approximate surface area is 161 Å². The number of nitrogens with zero attached hydrogens (tertiary/aromatic N) is 1. The van der Waals surface area contributed by atoms with Crippen molar-refractivity contribution in [2.24, 2.45) is 5.92 Å². The lowest BCUT2D eigenvalue weighted by Gasteiger charge is -2.25. The van der Waals surface area contributed by atoms with E-state index < -0.39 is 17.5 Å². The summed E-state index contributed by atoms with van der Waals surface area (Å²) < 4.78 is 45.4. The molecule has 1 fully saturated rings. The van der Waals surface area contributed by atoms with Crippen LogP contribution in [0.5, 0.6) is 0 Å². The Hall–Kier alpha value is -1.54. The van der Waals surface area contributed by atoms with Gasteiger partial charge in [0, 0.05) is 36.8 Å². The first-order valence-electron chi connectivity index (χ1n) is 8.85. The zero-order chi connectivity index (χ0) is 20.1. The Morgan fingerprint density at radius 3 is 2.52 bits per heavy atom. The number of thioether (sulfide) groups is 1. The minimum absolute atomic E-state index is 0.00721. The summed E-state index contributed by atoms with van der Waals surface area (Å²) in [5.74, 6) is -3.07. The van der Waals surface area contributed by atoms with Gasteiger partial charge in [-0.1, -0.05) is 25.6 Å². The summed E-state index contributed by atoms with van der Waals surface area (Å²) in [6, 6.07) is 1.03. The molecular formula is C19H24F3NO3S. The maximum atomic E-state index is 13.7. The molecule has 0 aliphatic carbocycles. The van der Waals surface area contributed by atoms with Crippen LogP contribution in [0.4, 0.5) is 13.2 Å². The number of hydrogen-bond donors (Lipinski definition) is 0. The number of amides is 1. The van der Waals surface area contributed by atoms with E-state index in [-0.39, 0.29) is 47.0 Å². The molecule has 1 aromatic rings. The molecule has 4 nitrogen and oxygen atoms in total. The standard InChI is InChI=1S/C19H24F3NO3S/c1-11(2)4-19(25)23-8-15(27-12(3)24)6-14(23)10-26-9-13-5-17(21)18(22)7-16(13)20/h5,7,11,14-15H,4,6,8-10H2,1-3H3/t14-,15+/m0/s1. The molecule has 150 valence electrons. The maximum absolute atomic E-state index is 13.7. The van der Waals surface area contributed by atoms with Crippen LogP contribution in [-0.2, 0) is 20.9 Å². The zero-order valence-electron chi connectivity index (χ0n) is 15.6. The third-order valence-corrected chi connectivity index (χ3v) is 5.28. The highest BCUT2D eigenvalue weighted by atomic mass is 32.2.